The summed E-state index contributed by atoms with van der Waals surface area (Å²) >= 11 is 1.80. The lowest BCUT2D eigenvalue weighted by Gasteiger charge is -2.09. The fourth-order valence-electron chi connectivity index (χ4n) is 3.50. The molecule has 0 saturated carbocycles. The highest BCUT2D eigenvalue weighted by Gasteiger charge is 2.20. The Morgan fingerprint density at radius 2 is 2.08 bits per heavy atom. The molecule has 0 aliphatic heterocycles. The first kappa shape index (κ1) is 15.6. The molecule has 1 aliphatic rings. The standard InChI is InChI=1S/C19H18N4O2S/c1-24-12-5-4-6-13(9-12)25-10-16-21-18-17-14-7-2-3-8-15(14)26-19(17)20-11-23(18)22-16/h4-6,9,11H,2-3,7-8,10H2,1H3. The normalized spacial score (nSPS) is 13.9. The minimum Gasteiger partial charge on any atom is -0.497 e. The van der Waals surface area contributed by atoms with Gasteiger partial charge in [0.2, 0.25) is 0 Å². The van der Waals surface area contributed by atoms with E-state index in [9.17, 15) is 0 Å². The Labute approximate surface area is 154 Å². The molecule has 3 heterocycles. The molecule has 0 fully saturated rings. The van der Waals surface area contributed by atoms with Crippen LogP contribution in [0.5, 0.6) is 11.5 Å². The van der Waals surface area contributed by atoms with Gasteiger partial charge in [-0.3, -0.25) is 0 Å². The van der Waals surface area contributed by atoms with E-state index < -0.39 is 0 Å². The second-order valence-corrected chi connectivity index (χ2v) is 7.48. The van der Waals surface area contributed by atoms with Gasteiger partial charge in [-0.2, -0.15) is 0 Å². The largest absolute Gasteiger partial charge is 0.497 e. The van der Waals surface area contributed by atoms with Crippen molar-refractivity contribution < 1.29 is 9.47 Å². The minimum absolute atomic E-state index is 0.308. The van der Waals surface area contributed by atoms with E-state index in [2.05, 4.69) is 10.1 Å². The van der Waals surface area contributed by atoms with Crippen molar-refractivity contribution in [1.82, 2.24) is 19.6 Å². The highest BCUT2D eigenvalue weighted by molar-refractivity contribution is 7.19. The van der Waals surface area contributed by atoms with Gasteiger partial charge in [0.1, 0.15) is 29.3 Å². The van der Waals surface area contributed by atoms with Crippen LogP contribution < -0.4 is 9.47 Å². The molecule has 1 aromatic carbocycles. The topological polar surface area (TPSA) is 61.5 Å². The van der Waals surface area contributed by atoms with Crippen LogP contribution in [0.4, 0.5) is 0 Å². The molecule has 0 N–H and O–H groups in total. The Morgan fingerprint density at radius 1 is 1.19 bits per heavy atom. The maximum atomic E-state index is 5.83. The van der Waals surface area contributed by atoms with Crippen molar-refractivity contribution in [2.24, 2.45) is 0 Å². The number of ether oxygens (including phenoxy) is 2. The number of rotatable bonds is 4. The third kappa shape index (κ3) is 2.59. The maximum absolute atomic E-state index is 5.83. The summed E-state index contributed by atoms with van der Waals surface area (Å²) in [5, 5.41) is 5.71. The van der Waals surface area contributed by atoms with E-state index in [1.807, 2.05) is 24.3 Å². The molecule has 6 nitrogen and oxygen atoms in total. The predicted octanol–water partition coefficient (Wildman–Crippen LogP) is 3.81. The molecule has 3 aromatic heterocycles. The van der Waals surface area contributed by atoms with Gasteiger partial charge in [0.15, 0.2) is 11.5 Å². The van der Waals surface area contributed by atoms with E-state index >= 15 is 0 Å². The Morgan fingerprint density at radius 3 is 3.00 bits per heavy atom. The van der Waals surface area contributed by atoms with E-state index in [0.717, 1.165) is 34.8 Å². The number of nitrogens with zero attached hydrogens (tertiary/aromatic N) is 4. The first-order chi connectivity index (χ1) is 12.8. The Hall–Kier alpha value is -2.67. The molecule has 0 unspecified atom stereocenters. The molecule has 26 heavy (non-hydrogen) atoms. The molecule has 0 spiro atoms. The number of hydrogen-bond donors (Lipinski definition) is 0. The van der Waals surface area contributed by atoms with Crippen molar-refractivity contribution in [3.8, 4) is 11.5 Å². The van der Waals surface area contributed by atoms with E-state index in [4.69, 9.17) is 14.5 Å². The summed E-state index contributed by atoms with van der Waals surface area (Å²) in [5.41, 5.74) is 2.31. The fourth-order valence-corrected chi connectivity index (χ4v) is 4.72. The van der Waals surface area contributed by atoms with Crippen molar-refractivity contribution >= 4 is 27.2 Å². The molecule has 4 aromatic rings. The molecular weight excluding hydrogens is 348 g/mol. The Balaban J connectivity index is 1.49. The van der Waals surface area contributed by atoms with Crippen molar-refractivity contribution in [3.63, 3.8) is 0 Å². The van der Waals surface area contributed by atoms with Gasteiger partial charge < -0.3 is 9.47 Å². The molecule has 0 bridgehead atoms. The summed E-state index contributed by atoms with van der Waals surface area (Å²) in [7, 11) is 1.64. The number of thiophene rings is 1. The monoisotopic (exact) mass is 366 g/mol. The van der Waals surface area contributed by atoms with Crippen LogP contribution in [0, 0.1) is 0 Å². The molecule has 132 valence electrons. The average molecular weight is 366 g/mol. The van der Waals surface area contributed by atoms with Gasteiger partial charge in [0.05, 0.1) is 12.5 Å². The summed E-state index contributed by atoms with van der Waals surface area (Å²) in [6.45, 7) is 0.308. The third-order valence-corrected chi connectivity index (χ3v) is 5.94. The Bertz CT molecular complexity index is 1100. The van der Waals surface area contributed by atoms with E-state index in [0.29, 0.717) is 12.4 Å². The fraction of sp³-hybridized carbons (Fsp3) is 0.316. The van der Waals surface area contributed by atoms with Crippen molar-refractivity contribution in [2.45, 2.75) is 32.3 Å². The molecule has 1 aliphatic carbocycles. The SMILES string of the molecule is COc1cccc(OCc2nc3c4c5c(sc4ncn3n2)CCCC5)c1. The molecule has 0 amide bonds. The zero-order valence-electron chi connectivity index (χ0n) is 14.4. The lowest BCUT2D eigenvalue weighted by molar-refractivity contribution is 0.294. The van der Waals surface area contributed by atoms with Crippen LogP contribution in [0.25, 0.3) is 15.9 Å². The smallest absolute Gasteiger partial charge is 0.189 e. The molecule has 7 heteroatoms. The first-order valence-corrected chi connectivity index (χ1v) is 9.55. The summed E-state index contributed by atoms with van der Waals surface area (Å²) in [6.07, 6.45) is 6.52. The van der Waals surface area contributed by atoms with E-state index in [1.165, 1.54) is 28.7 Å². The lowest BCUT2D eigenvalue weighted by atomic mass is 9.97. The zero-order valence-corrected chi connectivity index (χ0v) is 15.3. The molecule has 0 atom stereocenters. The van der Waals surface area contributed by atoms with Crippen LogP contribution in [-0.2, 0) is 19.4 Å². The summed E-state index contributed by atoms with van der Waals surface area (Å²) in [6, 6.07) is 7.53. The van der Waals surface area contributed by atoms with Crippen LogP contribution in [0.2, 0.25) is 0 Å². The van der Waals surface area contributed by atoms with Crippen LogP contribution in [-0.4, -0.2) is 26.7 Å². The second-order valence-electron chi connectivity index (χ2n) is 6.40. The van der Waals surface area contributed by atoms with Gasteiger partial charge in [0, 0.05) is 10.9 Å². The van der Waals surface area contributed by atoms with Crippen LogP contribution in [0.3, 0.4) is 0 Å². The number of aromatic nitrogens is 4. The molecular formula is C19H18N4O2S. The highest BCUT2D eigenvalue weighted by Crippen LogP contribution is 2.36. The highest BCUT2D eigenvalue weighted by atomic mass is 32.1. The summed E-state index contributed by atoms with van der Waals surface area (Å²) < 4.78 is 12.8. The lowest BCUT2D eigenvalue weighted by Crippen LogP contribution is -1.99. The third-order valence-electron chi connectivity index (χ3n) is 4.74. The van der Waals surface area contributed by atoms with Gasteiger partial charge in [-0.15, -0.1) is 16.4 Å². The number of aryl methyl sites for hydroxylation is 2. The van der Waals surface area contributed by atoms with E-state index in [1.54, 1.807) is 29.3 Å². The summed E-state index contributed by atoms with van der Waals surface area (Å²) in [5.74, 6) is 2.15. The number of hydrogen-bond acceptors (Lipinski definition) is 6. The average Bonchev–Trinajstić information content (AvgIpc) is 3.26. The van der Waals surface area contributed by atoms with Crippen molar-refractivity contribution in [1.29, 1.82) is 0 Å². The van der Waals surface area contributed by atoms with Crippen molar-refractivity contribution in [2.75, 3.05) is 7.11 Å². The van der Waals surface area contributed by atoms with Gasteiger partial charge in [-0.1, -0.05) is 6.07 Å². The molecule has 0 radical (unpaired) electrons. The van der Waals surface area contributed by atoms with E-state index in [-0.39, 0.29) is 0 Å². The molecule has 0 saturated heterocycles. The second kappa shape index (κ2) is 6.25. The van der Waals surface area contributed by atoms with Crippen LogP contribution in [0.15, 0.2) is 30.6 Å². The van der Waals surface area contributed by atoms with Gasteiger partial charge in [0.25, 0.3) is 0 Å². The Kier molecular flexibility index (Phi) is 3.74. The number of fused-ring (bicyclic) bond motifs is 5. The number of benzene rings is 1. The van der Waals surface area contributed by atoms with Crippen LogP contribution in [0.1, 0.15) is 29.1 Å². The van der Waals surface area contributed by atoms with Gasteiger partial charge >= 0.3 is 0 Å². The number of methoxy groups -OCH3 is 1. The maximum Gasteiger partial charge on any atom is 0.189 e. The van der Waals surface area contributed by atoms with Crippen molar-refractivity contribution in [3.05, 3.63) is 46.9 Å². The van der Waals surface area contributed by atoms with Crippen LogP contribution >= 0.6 is 11.3 Å². The quantitative estimate of drug-likeness (QED) is 0.550. The zero-order chi connectivity index (χ0) is 17.5. The van der Waals surface area contributed by atoms with Gasteiger partial charge in [-0.25, -0.2) is 14.5 Å². The minimum atomic E-state index is 0.308. The molecule has 5 rings (SSSR count). The summed E-state index contributed by atoms with van der Waals surface area (Å²) in [4.78, 5) is 11.9. The predicted molar refractivity (Wildman–Crippen MR) is 100 cm³/mol. The first-order valence-electron chi connectivity index (χ1n) is 8.73. The van der Waals surface area contributed by atoms with Gasteiger partial charge in [-0.05, 0) is 43.4 Å².